The SMILES string of the molecule is CC(C)C(NC(=O)OC(C)(C)C)c1ncc(-c2ccc(-c3ccc(-c4cnc(C(C(C)C)N(C)C(=O)OC(C)(C)C)[nH]4)cc3)cc2)[nH]1. The molecule has 0 fully saturated rings. The topological polar surface area (TPSA) is 125 Å². The standard InChI is InChI=1S/C37H50N6O4/c1-22(2)30(42-34(44)46-36(5,6)7)32-38-20-28(40-32)26-16-12-24(13-17-26)25-14-18-27(19-15-25)29-21-39-33(41-29)31(23(3)4)43(11)35(45)47-37(8,9)10/h12-23,30-31H,1-11H3,(H,38,40)(H,39,41)(H,42,44). The van der Waals surface area contributed by atoms with Gasteiger partial charge in [0.2, 0.25) is 0 Å². The van der Waals surface area contributed by atoms with Gasteiger partial charge in [-0.3, -0.25) is 0 Å². The average molecular weight is 643 g/mol. The maximum atomic E-state index is 12.8. The summed E-state index contributed by atoms with van der Waals surface area (Å²) >= 11 is 0. The van der Waals surface area contributed by atoms with Crippen LogP contribution in [0.15, 0.2) is 60.9 Å². The number of rotatable bonds is 9. The molecule has 2 unspecified atom stereocenters. The Morgan fingerprint density at radius 3 is 1.53 bits per heavy atom. The number of ether oxygens (including phenoxy) is 2. The largest absolute Gasteiger partial charge is 0.444 e. The first-order valence-corrected chi connectivity index (χ1v) is 16.2. The summed E-state index contributed by atoms with van der Waals surface area (Å²) < 4.78 is 11.1. The molecule has 0 bridgehead atoms. The summed E-state index contributed by atoms with van der Waals surface area (Å²) in [5.41, 5.74) is 4.73. The van der Waals surface area contributed by atoms with Gasteiger partial charge in [0.15, 0.2) is 0 Å². The van der Waals surface area contributed by atoms with E-state index in [0.29, 0.717) is 11.6 Å². The minimum absolute atomic E-state index is 0.107. The Kier molecular flexibility index (Phi) is 10.5. The van der Waals surface area contributed by atoms with E-state index in [-0.39, 0.29) is 30.0 Å². The quantitative estimate of drug-likeness (QED) is 0.167. The minimum Gasteiger partial charge on any atom is -0.444 e. The normalized spacial score (nSPS) is 13.4. The highest BCUT2D eigenvalue weighted by Crippen LogP contribution is 2.31. The van der Waals surface area contributed by atoms with Crippen molar-refractivity contribution in [3.8, 4) is 33.6 Å². The van der Waals surface area contributed by atoms with Gasteiger partial charge < -0.3 is 29.7 Å². The number of nitrogens with zero attached hydrogens (tertiary/aromatic N) is 3. The Hall–Kier alpha value is -4.60. The van der Waals surface area contributed by atoms with Crippen LogP contribution in [0.5, 0.6) is 0 Å². The average Bonchev–Trinajstić information content (AvgIpc) is 3.65. The first-order chi connectivity index (χ1) is 21.9. The molecule has 10 nitrogen and oxygen atoms in total. The highest BCUT2D eigenvalue weighted by atomic mass is 16.6. The fourth-order valence-corrected chi connectivity index (χ4v) is 5.34. The Balaban J connectivity index is 1.46. The second-order valence-corrected chi connectivity index (χ2v) is 14.7. The van der Waals surface area contributed by atoms with Gasteiger partial charge in [-0.1, -0.05) is 76.2 Å². The maximum Gasteiger partial charge on any atom is 0.410 e. The monoisotopic (exact) mass is 642 g/mol. The lowest BCUT2D eigenvalue weighted by molar-refractivity contribution is 0.0166. The zero-order valence-corrected chi connectivity index (χ0v) is 29.6. The summed E-state index contributed by atoms with van der Waals surface area (Å²) in [7, 11) is 1.75. The first kappa shape index (κ1) is 35.3. The van der Waals surface area contributed by atoms with Gasteiger partial charge in [0.05, 0.1) is 35.9 Å². The van der Waals surface area contributed by atoms with E-state index in [1.807, 2.05) is 61.6 Å². The number of benzene rings is 2. The van der Waals surface area contributed by atoms with Crippen LogP contribution < -0.4 is 5.32 Å². The predicted molar refractivity (Wildman–Crippen MR) is 186 cm³/mol. The van der Waals surface area contributed by atoms with E-state index in [4.69, 9.17) is 9.47 Å². The molecule has 4 aromatic rings. The number of hydrogen-bond acceptors (Lipinski definition) is 6. The molecule has 2 aromatic heterocycles. The van der Waals surface area contributed by atoms with Crippen LogP contribution >= 0.6 is 0 Å². The van der Waals surface area contributed by atoms with Crippen molar-refractivity contribution in [2.45, 2.75) is 92.5 Å². The number of alkyl carbamates (subject to hydrolysis) is 1. The molecule has 252 valence electrons. The van der Waals surface area contributed by atoms with Gasteiger partial charge in [0.25, 0.3) is 0 Å². The number of nitrogens with one attached hydrogen (secondary N) is 3. The van der Waals surface area contributed by atoms with Crippen molar-refractivity contribution in [1.29, 1.82) is 0 Å². The third kappa shape index (κ3) is 9.24. The molecular formula is C37H50N6O4. The van der Waals surface area contributed by atoms with Crippen molar-refractivity contribution in [1.82, 2.24) is 30.2 Å². The molecule has 0 aliphatic heterocycles. The van der Waals surface area contributed by atoms with Crippen molar-refractivity contribution in [2.24, 2.45) is 11.8 Å². The van der Waals surface area contributed by atoms with E-state index in [0.717, 1.165) is 33.6 Å². The zero-order chi connectivity index (χ0) is 34.7. The number of carbonyl (C=O) groups is 2. The number of carbonyl (C=O) groups excluding carboxylic acids is 2. The lowest BCUT2D eigenvalue weighted by Gasteiger charge is -2.31. The Morgan fingerprint density at radius 2 is 1.11 bits per heavy atom. The number of amides is 2. The number of hydrogen-bond donors (Lipinski definition) is 3. The molecule has 47 heavy (non-hydrogen) atoms. The fourth-order valence-electron chi connectivity index (χ4n) is 5.34. The molecule has 0 spiro atoms. The van der Waals surface area contributed by atoms with Crippen LogP contribution in [-0.2, 0) is 9.47 Å². The second-order valence-electron chi connectivity index (χ2n) is 14.7. The molecule has 0 radical (unpaired) electrons. The molecule has 0 aliphatic carbocycles. The third-order valence-corrected chi connectivity index (χ3v) is 7.56. The molecule has 2 heterocycles. The van der Waals surface area contributed by atoms with Gasteiger partial charge in [-0.25, -0.2) is 19.6 Å². The Labute approximate surface area is 278 Å². The van der Waals surface area contributed by atoms with E-state index in [1.54, 1.807) is 18.1 Å². The van der Waals surface area contributed by atoms with Crippen molar-refractivity contribution < 1.29 is 19.1 Å². The van der Waals surface area contributed by atoms with Crippen molar-refractivity contribution in [2.75, 3.05) is 7.05 Å². The van der Waals surface area contributed by atoms with E-state index in [2.05, 4.69) is 87.6 Å². The lowest BCUT2D eigenvalue weighted by Crippen LogP contribution is -2.38. The highest BCUT2D eigenvalue weighted by molar-refractivity contribution is 5.72. The molecule has 0 saturated heterocycles. The number of aromatic amines is 2. The van der Waals surface area contributed by atoms with Gasteiger partial charge in [0.1, 0.15) is 22.9 Å². The third-order valence-electron chi connectivity index (χ3n) is 7.56. The number of imidazole rings is 2. The fraction of sp³-hybridized carbons (Fsp3) is 0.459. The van der Waals surface area contributed by atoms with Gasteiger partial charge in [-0.2, -0.15) is 0 Å². The second kappa shape index (κ2) is 14.0. The lowest BCUT2D eigenvalue weighted by atomic mass is 10.0. The highest BCUT2D eigenvalue weighted by Gasteiger charge is 2.31. The van der Waals surface area contributed by atoms with Gasteiger partial charge >= 0.3 is 12.2 Å². The van der Waals surface area contributed by atoms with Crippen LogP contribution in [0.2, 0.25) is 0 Å². The smallest absolute Gasteiger partial charge is 0.410 e. The molecular weight excluding hydrogens is 592 g/mol. The van der Waals surface area contributed by atoms with E-state index >= 15 is 0 Å². The molecule has 4 rings (SSSR count). The van der Waals surface area contributed by atoms with Crippen molar-refractivity contribution in [3.63, 3.8) is 0 Å². The summed E-state index contributed by atoms with van der Waals surface area (Å²) in [6.07, 6.45) is 2.75. The van der Waals surface area contributed by atoms with Crippen LogP contribution in [0.4, 0.5) is 9.59 Å². The van der Waals surface area contributed by atoms with Gasteiger partial charge in [-0.05, 0) is 75.6 Å². The maximum absolute atomic E-state index is 12.8. The van der Waals surface area contributed by atoms with Crippen LogP contribution in [-0.4, -0.2) is 55.3 Å². The van der Waals surface area contributed by atoms with Crippen molar-refractivity contribution >= 4 is 12.2 Å². The van der Waals surface area contributed by atoms with Gasteiger partial charge in [0, 0.05) is 7.05 Å². The molecule has 2 aromatic carbocycles. The number of aromatic nitrogens is 4. The summed E-state index contributed by atoms with van der Waals surface area (Å²) in [6.45, 7) is 19.3. The first-order valence-electron chi connectivity index (χ1n) is 16.2. The summed E-state index contributed by atoms with van der Waals surface area (Å²) in [4.78, 5) is 42.9. The Morgan fingerprint density at radius 1 is 0.681 bits per heavy atom. The van der Waals surface area contributed by atoms with Crippen LogP contribution in [0.25, 0.3) is 33.6 Å². The summed E-state index contributed by atoms with van der Waals surface area (Å²) in [6, 6.07) is 16.0. The molecule has 3 N–H and O–H groups in total. The summed E-state index contributed by atoms with van der Waals surface area (Å²) in [5, 5.41) is 2.95. The minimum atomic E-state index is -0.580. The van der Waals surface area contributed by atoms with Crippen LogP contribution in [0, 0.1) is 11.8 Å². The van der Waals surface area contributed by atoms with Crippen LogP contribution in [0.1, 0.15) is 93.0 Å². The van der Waals surface area contributed by atoms with E-state index in [1.165, 1.54) is 0 Å². The van der Waals surface area contributed by atoms with Crippen molar-refractivity contribution in [3.05, 3.63) is 72.6 Å². The predicted octanol–water partition coefficient (Wildman–Crippen LogP) is 8.92. The Bertz CT molecular complexity index is 1640. The zero-order valence-electron chi connectivity index (χ0n) is 29.6. The van der Waals surface area contributed by atoms with Crippen LogP contribution in [0.3, 0.4) is 0 Å². The molecule has 0 aliphatic rings. The molecule has 2 atom stereocenters. The van der Waals surface area contributed by atoms with E-state index in [9.17, 15) is 9.59 Å². The van der Waals surface area contributed by atoms with Gasteiger partial charge in [-0.15, -0.1) is 0 Å². The van der Waals surface area contributed by atoms with E-state index < -0.39 is 17.3 Å². The number of H-pyrrole nitrogens is 2. The molecule has 2 amide bonds. The summed E-state index contributed by atoms with van der Waals surface area (Å²) in [5.74, 6) is 1.62. The molecule has 10 heteroatoms. The molecule has 0 saturated carbocycles.